The SMILES string of the molecule is C=Cc1ccccc1-c1ccc2c(ccc3ccccc32)c1. The van der Waals surface area contributed by atoms with Crippen LogP contribution in [-0.2, 0) is 0 Å². The minimum absolute atomic E-state index is 1.17. The number of fused-ring (bicyclic) bond motifs is 3. The van der Waals surface area contributed by atoms with Gasteiger partial charge in [-0.25, -0.2) is 0 Å². The van der Waals surface area contributed by atoms with Crippen LogP contribution in [0.25, 0.3) is 38.7 Å². The highest BCUT2D eigenvalue weighted by molar-refractivity contribution is 6.08. The van der Waals surface area contributed by atoms with Crippen LogP contribution < -0.4 is 0 Å². The van der Waals surface area contributed by atoms with Crippen LogP contribution in [0.15, 0.2) is 85.4 Å². The first kappa shape index (κ1) is 12.8. The number of hydrogen-bond acceptors (Lipinski definition) is 0. The summed E-state index contributed by atoms with van der Waals surface area (Å²) in [5, 5.41) is 5.17. The van der Waals surface area contributed by atoms with Gasteiger partial charge in [-0.2, -0.15) is 0 Å². The zero-order valence-corrected chi connectivity index (χ0v) is 12.3. The Morgan fingerprint density at radius 3 is 2.27 bits per heavy atom. The summed E-state index contributed by atoms with van der Waals surface area (Å²) in [5.41, 5.74) is 3.63. The summed E-state index contributed by atoms with van der Waals surface area (Å²) in [4.78, 5) is 0. The molecule has 0 aliphatic carbocycles. The van der Waals surface area contributed by atoms with Crippen LogP contribution in [0, 0.1) is 0 Å². The summed E-state index contributed by atoms with van der Waals surface area (Å²) in [6.07, 6.45) is 1.92. The van der Waals surface area contributed by atoms with Gasteiger partial charge in [0.15, 0.2) is 0 Å². The van der Waals surface area contributed by atoms with Crippen molar-refractivity contribution in [2.24, 2.45) is 0 Å². The lowest BCUT2D eigenvalue weighted by atomic mass is 9.95. The summed E-state index contributed by atoms with van der Waals surface area (Å²) >= 11 is 0. The molecule has 0 radical (unpaired) electrons. The summed E-state index contributed by atoms with van der Waals surface area (Å²) in [7, 11) is 0. The molecule has 0 N–H and O–H groups in total. The van der Waals surface area contributed by atoms with Gasteiger partial charge in [-0.3, -0.25) is 0 Å². The molecular formula is C22H16. The maximum atomic E-state index is 3.92. The van der Waals surface area contributed by atoms with Crippen molar-refractivity contribution in [3.8, 4) is 11.1 Å². The highest BCUT2D eigenvalue weighted by Gasteiger charge is 2.05. The second-order valence-electron chi connectivity index (χ2n) is 5.51. The van der Waals surface area contributed by atoms with Crippen molar-refractivity contribution in [3.05, 3.63) is 91.0 Å². The molecule has 0 fully saturated rings. The van der Waals surface area contributed by atoms with E-state index in [1.54, 1.807) is 0 Å². The first-order valence-electron chi connectivity index (χ1n) is 7.50. The van der Waals surface area contributed by atoms with E-state index in [1.807, 2.05) is 6.08 Å². The lowest BCUT2D eigenvalue weighted by Gasteiger charge is -2.09. The first-order chi connectivity index (χ1) is 10.9. The van der Waals surface area contributed by atoms with E-state index >= 15 is 0 Å². The van der Waals surface area contributed by atoms with Gasteiger partial charge in [0, 0.05) is 0 Å². The fraction of sp³-hybridized carbons (Fsp3) is 0. The van der Waals surface area contributed by atoms with Gasteiger partial charge in [0.05, 0.1) is 0 Å². The monoisotopic (exact) mass is 280 g/mol. The zero-order valence-electron chi connectivity index (χ0n) is 12.3. The average molecular weight is 280 g/mol. The highest BCUT2D eigenvalue weighted by atomic mass is 14.1. The van der Waals surface area contributed by atoms with Crippen LogP contribution in [0.2, 0.25) is 0 Å². The van der Waals surface area contributed by atoms with Crippen LogP contribution in [0.1, 0.15) is 5.56 Å². The topological polar surface area (TPSA) is 0 Å². The molecule has 4 rings (SSSR count). The van der Waals surface area contributed by atoms with Crippen molar-refractivity contribution in [2.75, 3.05) is 0 Å². The fourth-order valence-electron chi connectivity index (χ4n) is 3.12. The minimum atomic E-state index is 1.17. The maximum absolute atomic E-state index is 3.92. The quantitative estimate of drug-likeness (QED) is 0.378. The lowest BCUT2D eigenvalue weighted by Crippen LogP contribution is -1.84. The van der Waals surface area contributed by atoms with Crippen molar-refractivity contribution in [3.63, 3.8) is 0 Å². The van der Waals surface area contributed by atoms with Crippen molar-refractivity contribution < 1.29 is 0 Å². The van der Waals surface area contributed by atoms with Crippen molar-refractivity contribution >= 4 is 27.6 Å². The van der Waals surface area contributed by atoms with Gasteiger partial charge in [-0.05, 0) is 44.3 Å². The average Bonchev–Trinajstić information content (AvgIpc) is 2.61. The molecule has 0 heteroatoms. The molecule has 0 aliphatic heterocycles. The molecule has 0 spiro atoms. The van der Waals surface area contributed by atoms with E-state index in [2.05, 4.69) is 85.4 Å². The molecule has 0 aliphatic rings. The van der Waals surface area contributed by atoms with Gasteiger partial charge in [-0.1, -0.05) is 85.5 Å². The van der Waals surface area contributed by atoms with Gasteiger partial charge in [0.25, 0.3) is 0 Å². The Kier molecular flexibility index (Phi) is 3.01. The van der Waals surface area contributed by atoms with Gasteiger partial charge in [0.1, 0.15) is 0 Å². The van der Waals surface area contributed by atoms with Crippen LogP contribution >= 0.6 is 0 Å². The van der Waals surface area contributed by atoms with E-state index in [4.69, 9.17) is 0 Å². The van der Waals surface area contributed by atoms with Crippen LogP contribution in [0.3, 0.4) is 0 Å². The first-order valence-corrected chi connectivity index (χ1v) is 7.50. The van der Waals surface area contributed by atoms with Gasteiger partial charge >= 0.3 is 0 Å². The molecule has 0 nitrogen and oxygen atoms in total. The third kappa shape index (κ3) is 2.01. The number of rotatable bonds is 2. The summed E-state index contributed by atoms with van der Waals surface area (Å²) < 4.78 is 0. The second kappa shape index (κ2) is 5.16. The fourth-order valence-corrected chi connectivity index (χ4v) is 3.12. The summed E-state index contributed by atoms with van der Waals surface area (Å²) in [6, 6.07) is 28.0. The number of hydrogen-bond donors (Lipinski definition) is 0. The molecule has 0 aromatic heterocycles. The minimum Gasteiger partial charge on any atom is -0.0984 e. The molecule has 4 aromatic rings. The maximum Gasteiger partial charge on any atom is -0.0105 e. The van der Waals surface area contributed by atoms with E-state index in [9.17, 15) is 0 Å². The number of benzene rings is 4. The second-order valence-corrected chi connectivity index (χ2v) is 5.51. The predicted molar refractivity (Wildman–Crippen MR) is 97.0 cm³/mol. The van der Waals surface area contributed by atoms with Gasteiger partial charge in [-0.15, -0.1) is 0 Å². The molecule has 0 atom stereocenters. The van der Waals surface area contributed by atoms with E-state index in [1.165, 1.54) is 38.2 Å². The van der Waals surface area contributed by atoms with Crippen LogP contribution in [0.5, 0.6) is 0 Å². The molecule has 0 heterocycles. The Morgan fingerprint density at radius 2 is 1.36 bits per heavy atom. The Balaban J connectivity index is 1.98. The van der Waals surface area contributed by atoms with E-state index in [0.717, 1.165) is 0 Å². The molecule has 0 saturated heterocycles. The van der Waals surface area contributed by atoms with Crippen LogP contribution in [-0.4, -0.2) is 0 Å². The largest absolute Gasteiger partial charge is 0.0984 e. The van der Waals surface area contributed by atoms with Crippen molar-refractivity contribution in [2.45, 2.75) is 0 Å². The molecule has 0 saturated carbocycles. The van der Waals surface area contributed by atoms with Crippen molar-refractivity contribution in [1.82, 2.24) is 0 Å². The van der Waals surface area contributed by atoms with E-state index in [0.29, 0.717) is 0 Å². The Hall–Kier alpha value is -2.86. The van der Waals surface area contributed by atoms with E-state index < -0.39 is 0 Å². The molecule has 0 bridgehead atoms. The van der Waals surface area contributed by atoms with E-state index in [-0.39, 0.29) is 0 Å². The molecule has 104 valence electrons. The third-order valence-electron chi connectivity index (χ3n) is 4.24. The molecule has 0 unspecified atom stereocenters. The Morgan fingerprint density at radius 1 is 0.636 bits per heavy atom. The van der Waals surface area contributed by atoms with Gasteiger partial charge < -0.3 is 0 Å². The Labute approximate surface area is 130 Å². The molecule has 4 aromatic carbocycles. The molecule has 0 amide bonds. The van der Waals surface area contributed by atoms with Crippen molar-refractivity contribution in [1.29, 1.82) is 0 Å². The smallest absolute Gasteiger partial charge is 0.0105 e. The highest BCUT2D eigenvalue weighted by Crippen LogP contribution is 2.31. The normalized spacial score (nSPS) is 10.9. The molecular weight excluding hydrogens is 264 g/mol. The molecule has 22 heavy (non-hydrogen) atoms. The summed E-state index contributed by atoms with van der Waals surface area (Å²) in [5.74, 6) is 0. The Bertz CT molecular complexity index is 993. The standard InChI is InChI=1S/C22H16/c1-2-16-7-3-5-9-20(16)18-13-14-22-19(15-18)12-11-17-8-4-6-10-21(17)22/h2-15H,1H2. The lowest BCUT2D eigenvalue weighted by molar-refractivity contribution is 1.61. The van der Waals surface area contributed by atoms with Crippen LogP contribution in [0.4, 0.5) is 0 Å². The predicted octanol–water partition coefficient (Wildman–Crippen LogP) is 6.30. The van der Waals surface area contributed by atoms with Gasteiger partial charge in [0.2, 0.25) is 0 Å². The third-order valence-corrected chi connectivity index (χ3v) is 4.24. The zero-order chi connectivity index (χ0) is 14.9. The summed E-state index contributed by atoms with van der Waals surface area (Å²) in [6.45, 7) is 3.92.